The monoisotopic (exact) mass is 364 g/mol. The second-order valence-corrected chi connectivity index (χ2v) is 5.44. The first kappa shape index (κ1) is 20.4. The van der Waals surface area contributed by atoms with Gasteiger partial charge in [-0.05, 0) is 44.0 Å². The Bertz CT molecular complexity index is 540. The molecular formula is C16H23ClF2N2O3. The van der Waals surface area contributed by atoms with E-state index in [2.05, 4.69) is 10.1 Å². The minimum absolute atomic E-state index is 0. The molecule has 1 aliphatic heterocycles. The van der Waals surface area contributed by atoms with Gasteiger partial charge in [-0.3, -0.25) is 4.79 Å². The van der Waals surface area contributed by atoms with Crippen LogP contribution in [0.2, 0.25) is 0 Å². The summed E-state index contributed by atoms with van der Waals surface area (Å²) in [5, 5.41) is 3.17. The fourth-order valence-corrected chi connectivity index (χ4v) is 2.63. The molecular weight excluding hydrogens is 342 g/mol. The molecule has 1 N–H and O–H groups in total. The zero-order valence-electron chi connectivity index (χ0n) is 13.8. The Labute approximate surface area is 146 Å². The fourth-order valence-electron chi connectivity index (χ4n) is 2.63. The van der Waals surface area contributed by atoms with Gasteiger partial charge in [0.1, 0.15) is 0 Å². The van der Waals surface area contributed by atoms with Gasteiger partial charge in [-0.2, -0.15) is 8.78 Å². The van der Waals surface area contributed by atoms with E-state index in [1.54, 1.807) is 31.0 Å². The van der Waals surface area contributed by atoms with Crippen LogP contribution in [-0.2, 0) is 11.3 Å². The van der Waals surface area contributed by atoms with Crippen molar-refractivity contribution in [3.05, 3.63) is 23.8 Å². The molecule has 0 saturated carbocycles. The molecule has 0 bridgehead atoms. The Balaban J connectivity index is 0.00000288. The molecule has 5 nitrogen and oxygen atoms in total. The summed E-state index contributed by atoms with van der Waals surface area (Å²) in [6.07, 6.45) is 1.84. The van der Waals surface area contributed by atoms with Crippen LogP contribution >= 0.6 is 12.4 Å². The molecule has 136 valence electrons. The number of likely N-dealkylation sites (N-methyl/N-ethyl adjacent to an activating group) is 1. The second-order valence-electron chi connectivity index (χ2n) is 5.44. The van der Waals surface area contributed by atoms with Gasteiger partial charge in [-0.1, -0.05) is 6.07 Å². The number of carbonyl (C=O) groups excluding carboxylic acids is 1. The topological polar surface area (TPSA) is 50.8 Å². The van der Waals surface area contributed by atoms with Crippen LogP contribution in [0, 0.1) is 0 Å². The van der Waals surface area contributed by atoms with Crippen molar-refractivity contribution in [1.82, 2.24) is 10.2 Å². The highest BCUT2D eigenvalue weighted by Crippen LogP contribution is 2.30. The lowest BCUT2D eigenvalue weighted by atomic mass is 10.1. The minimum Gasteiger partial charge on any atom is -0.490 e. The van der Waals surface area contributed by atoms with Crippen LogP contribution in [0.25, 0.3) is 0 Å². The Morgan fingerprint density at radius 2 is 2.17 bits per heavy atom. The number of carbonyl (C=O) groups is 1. The third-order valence-electron chi connectivity index (χ3n) is 3.68. The minimum atomic E-state index is -2.90. The van der Waals surface area contributed by atoms with E-state index < -0.39 is 6.61 Å². The van der Waals surface area contributed by atoms with E-state index in [0.29, 0.717) is 13.2 Å². The van der Waals surface area contributed by atoms with Crippen LogP contribution in [0.3, 0.4) is 0 Å². The zero-order chi connectivity index (χ0) is 16.8. The van der Waals surface area contributed by atoms with Crippen molar-refractivity contribution in [2.45, 2.75) is 39.0 Å². The van der Waals surface area contributed by atoms with E-state index in [1.807, 2.05) is 0 Å². The molecule has 0 radical (unpaired) electrons. The Morgan fingerprint density at radius 3 is 2.75 bits per heavy atom. The van der Waals surface area contributed by atoms with Gasteiger partial charge in [0.2, 0.25) is 5.91 Å². The summed E-state index contributed by atoms with van der Waals surface area (Å²) in [6.45, 7) is 0.437. The van der Waals surface area contributed by atoms with E-state index in [4.69, 9.17) is 4.74 Å². The molecule has 8 heteroatoms. The Hall–Kier alpha value is -1.60. The molecule has 1 saturated heterocycles. The summed E-state index contributed by atoms with van der Waals surface area (Å²) >= 11 is 0. The first-order valence-electron chi connectivity index (χ1n) is 7.70. The second kappa shape index (κ2) is 9.64. The molecule has 24 heavy (non-hydrogen) atoms. The van der Waals surface area contributed by atoms with Gasteiger partial charge >= 0.3 is 6.61 Å². The Morgan fingerprint density at radius 1 is 1.42 bits per heavy atom. The average molecular weight is 365 g/mol. The van der Waals surface area contributed by atoms with Crippen molar-refractivity contribution in [2.24, 2.45) is 0 Å². The summed E-state index contributed by atoms with van der Waals surface area (Å²) in [5.41, 5.74) is 0.795. The molecule has 1 unspecified atom stereocenters. The van der Waals surface area contributed by atoms with Crippen molar-refractivity contribution >= 4 is 18.3 Å². The van der Waals surface area contributed by atoms with Crippen molar-refractivity contribution in [3.8, 4) is 11.5 Å². The third-order valence-corrected chi connectivity index (χ3v) is 3.68. The molecule has 1 aromatic rings. The lowest BCUT2D eigenvalue weighted by molar-refractivity contribution is -0.132. The molecule has 1 amide bonds. The van der Waals surface area contributed by atoms with E-state index in [0.717, 1.165) is 24.9 Å². The molecule has 0 aliphatic carbocycles. The maximum Gasteiger partial charge on any atom is 0.387 e. The van der Waals surface area contributed by atoms with Gasteiger partial charge in [0.05, 0.1) is 12.6 Å². The van der Waals surface area contributed by atoms with Gasteiger partial charge in [0, 0.05) is 13.6 Å². The summed E-state index contributed by atoms with van der Waals surface area (Å²) in [5.74, 6) is 0.288. The summed E-state index contributed by atoms with van der Waals surface area (Å²) in [6, 6.07) is 4.60. The highest BCUT2D eigenvalue weighted by molar-refractivity contribution is 5.85. The van der Waals surface area contributed by atoms with Crippen molar-refractivity contribution in [3.63, 3.8) is 0 Å². The maximum absolute atomic E-state index is 12.4. The molecule has 1 aliphatic rings. The predicted molar refractivity (Wildman–Crippen MR) is 89.0 cm³/mol. The van der Waals surface area contributed by atoms with Gasteiger partial charge < -0.3 is 19.7 Å². The number of nitrogens with zero attached hydrogens (tertiary/aromatic N) is 1. The molecule has 1 heterocycles. The molecule has 1 fully saturated rings. The van der Waals surface area contributed by atoms with Crippen molar-refractivity contribution in [2.75, 3.05) is 20.2 Å². The first-order valence-corrected chi connectivity index (χ1v) is 7.70. The van der Waals surface area contributed by atoms with Crippen LogP contribution in [0.1, 0.15) is 25.3 Å². The number of amides is 1. The van der Waals surface area contributed by atoms with E-state index >= 15 is 0 Å². The number of rotatable bonds is 7. The summed E-state index contributed by atoms with van der Waals surface area (Å²) in [4.78, 5) is 13.9. The lowest BCUT2D eigenvalue weighted by Gasteiger charge is -2.22. The number of halogens is 3. The number of ether oxygens (including phenoxy) is 2. The van der Waals surface area contributed by atoms with Gasteiger partial charge in [-0.15, -0.1) is 12.4 Å². The van der Waals surface area contributed by atoms with E-state index in [-0.39, 0.29) is 35.9 Å². The molecule has 1 aromatic carbocycles. The predicted octanol–water partition coefficient (Wildman–Crippen LogP) is 2.82. The van der Waals surface area contributed by atoms with Crippen LogP contribution in [0.15, 0.2) is 18.2 Å². The van der Waals surface area contributed by atoms with Gasteiger partial charge in [-0.25, -0.2) is 0 Å². The highest BCUT2D eigenvalue weighted by Gasteiger charge is 2.25. The highest BCUT2D eigenvalue weighted by atomic mass is 35.5. The number of benzene rings is 1. The zero-order valence-corrected chi connectivity index (χ0v) is 14.6. The van der Waals surface area contributed by atoms with E-state index in [9.17, 15) is 13.6 Å². The summed E-state index contributed by atoms with van der Waals surface area (Å²) in [7, 11) is 1.73. The fraction of sp³-hybridized carbons (Fsp3) is 0.562. The largest absolute Gasteiger partial charge is 0.490 e. The molecule has 0 spiro atoms. The van der Waals surface area contributed by atoms with E-state index in [1.165, 1.54) is 6.07 Å². The number of alkyl halides is 2. The molecule has 1 atom stereocenters. The van der Waals surface area contributed by atoms with Crippen LogP contribution in [0.4, 0.5) is 8.78 Å². The SMILES string of the molecule is CCOc1cc(CN(C)C(=O)C2CCCN2)ccc1OC(F)F.Cl. The van der Waals surface area contributed by atoms with Crippen molar-refractivity contribution < 1.29 is 23.0 Å². The standard InChI is InChI=1S/C16H22F2N2O3.ClH/c1-3-22-14-9-11(6-7-13(14)23-16(17)18)10-20(2)15(21)12-5-4-8-19-12;/h6-7,9,12,16,19H,3-5,8,10H2,1-2H3;1H. The van der Waals surface area contributed by atoms with Crippen LogP contribution in [0.5, 0.6) is 11.5 Å². The van der Waals surface area contributed by atoms with Gasteiger partial charge in [0.15, 0.2) is 11.5 Å². The number of hydrogen-bond acceptors (Lipinski definition) is 4. The number of hydrogen-bond donors (Lipinski definition) is 1. The van der Waals surface area contributed by atoms with Crippen LogP contribution < -0.4 is 14.8 Å². The lowest BCUT2D eigenvalue weighted by Crippen LogP contribution is -2.41. The first-order chi connectivity index (χ1) is 11.0. The summed E-state index contributed by atoms with van der Waals surface area (Å²) < 4.78 is 34.6. The number of nitrogens with one attached hydrogen (secondary N) is 1. The maximum atomic E-state index is 12.4. The molecule has 0 aromatic heterocycles. The normalized spacial score (nSPS) is 16.6. The van der Waals surface area contributed by atoms with Crippen molar-refractivity contribution in [1.29, 1.82) is 0 Å². The van der Waals surface area contributed by atoms with Crippen LogP contribution in [-0.4, -0.2) is 43.7 Å². The third kappa shape index (κ3) is 5.49. The smallest absolute Gasteiger partial charge is 0.387 e. The Kier molecular flexibility index (Phi) is 8.21. The molecule has 2 rings (SSSR count). The average Bonchev–Trinajstić information content (AvgIpc) is 3.03. The quantitative estimate of drug-likeness (QED) is 0.808. The van der Waals surface area contributed by atoms with Gasteiger partial charge in [0.25, 0.3) is 0 Å².